The average molecular weight is 289 g/mol. The Hall–Kier alpha value is -0.600. The molecule has 0 rings (SSSR count). The van der Waals surface area contributed by atoms with E-state index in [0.29, 0.717) is 26.2 Å². The van der Waals surface area contributed by atoms with Crippen molar-refractivity contribution in [2.45, 2.75) is 0 Å². The summed E-state index contributed by atoms with van der Waals surface area (Å²) in [5, 5.41) is 0. The predicted octanol–water partition coefficient (Wildman–Crippen LogP) is 3.72. The van der Waals surface area contributed by atoms with E-state index in [4.69, 9.17) is 11.6 Å². The molecule has 0 saturated carbocycles. The molecule has 0 unspecified atom stereocenters. The van der Waals surface area contributed by atoms with Gasteiger partial charge in [-0.1, -0.05) is 24.3 Å². The molecule has 0 aliphatic rings. The fourth-order valence-corrected chi connectivity index (χ4v) is 4.64. The van der Waals surface area contributed by atoms with Gasteiger partial charge in [0.2, 0.25) is 7.44 Å². The van der Waals surface area contributed by atoms with Gasteiger partial charge in [-0.3, -0.25) is 4.57 Å². The van der Waals surface area contributed by atoms with E-state index in [2.05, 4.69) is 26.3 Å². The maximum absolute atomic E-state index is 13.1. The summed E-state index contributed by atoms with van der Waals surface area (Å²) < 4.78 is 16.7. The minimum Gasteiger partial charge on any atom is -0.287 e. The van der Waals surface area contributed by atoms with E-state index in [-0.39, 0.29) is 5.62 Å². The van der Waals surface area contributed by atoms with Crippen LogP contribution in [0.1, 0.15) is 0 Å². The lowest BCUT2D eigenvalue weighted by atomic mass is 10.5. The van der Waals surface area contributed by atoms with Crippen molar-refractivity contribution in [3.8, 4) is 0 Å². The molecule has 0 N–H and O–H groups in total. The molecule has 18 heavy (non-hydrogen) atoms. The standard InChI is InChI=1S/C13H22ClN2OP/c1-5-9-15(10-6-2)18(17,13-14)16(11-7-3)12-8-4/h5-8H,1-4,9-13H2. The molecule has 3 nitrogen and oxygen atoms in total. The smallest absolute Gasteiger partial charge is 0.232 e. The van der Waals surface area contributed by atoms with Crippen molar-refractivity contribution < 1.29 is 4.57 Å². The summed E-state index contributed by atoms with van der Waals surface area (Å²) in [5.74, 6) is 0. The molecule has 0 bridgehead atoms. The zero-order chi connectivity index (χ0) is 14.0. The normalized spacial score (nSPS) is 11.5. The van der Waals surface area contributed by atoms with Gasteiger partial charge in [-0.15, -0.1) is 37.9 Å². The third-order valence-electron chi connectivity index (χ3n) is 2.40. The second-order valence-corrected chi connectivity index (χ2v) is 7.10. The van der Waals surface area contributed by atoms with Crippen molar-refractivity contribution in [1.82, 2.24) is 9.34 Å². The van der Waals surface area contributed by atoms with E-state index in [1.165, 1.54) is 0 Å². The first-order valence-electron chi connectivity index (χ1n) is 5.70. The van der Waals surface area contributed by atoms with Crippen LogP contribution in [0, 0.1) is 0 Å². The molecule has 0 aliphatic heterocycles. The Bertz CT molecular complexity index is 296. The van der Waals surface area contributed by atoms with Crippen molar-refractivity contribution >= 4 is 19.0 Å². The molecule has 0 aliphatic carbocycles. The first kappa shape index (κ1) is 17.4. The molecule has 0 aromatic carbocycles. The van der Waals surface area contributed by atoms with Crippen LogP contribution < -0.4 is 0 Å². The largest absolute Gasteiger partial charge is 0.287 e. The monoisotopic (exact) mass is 288 g/mol. The van der Waals surface area contributed by atoms with Gasteiger partial charge < -0.3 is 0 Å². The summed E-state index contributed by atoms with van der Waals surface area (Å²) in [6.45, 7) is 16.7. The minimum atomic E-state index is -2.84. The molecule has 0 saturated heterocycles. The van der Waals surface area contributed by atoms with Crippen LogP contribution in [-0.4, -0.2) is 41.1 Å². The number of hydrogen-bond acceptors (Lipinski definition) is 1. The van der Waals surface area contributed by atoms with Crippen LogP contribution in [0.3, 0.4) is 0 Å². The topological polar surface area (TPSA) is 23.6 Å². The van der Waals surface area contributed by atoms with Crippen molar-refractivity contribution in [2.24, 2.45) is 0 Å². The Morgan fingerprint density at radius 2 is 1.11 bits per heavy atom. The number of halogens is 1. The summed E-state index contributed by atoms with van der Waals surface area (Å²) in [4.78, 5) is 0. The van der Waals surface area contributed by atoms with Crippen molar-refractivity contribution in [1.29, 1.82) is 0 Å². The zero-order valence-electron chi connectivity index (χ0n) is 10.8. The second kappa shape index (κ2) is 9.35. The summed E-state index contributed by atoms with van der Waals surface area (Å²) in [7, 11) is -2.84. The van der Waals surface area contributed by atoms with Crippen LogP contribution in [0.15, 0.2) is 50.6 Å². The van der Waals surface area contributed by atoms with Crippen LogP contribution in [0.4, 0.5) is 0 Å². The van der Waals surface area contributed by atoms with Crippen LogP contribution in [0.5, 0.6) is 0 Å². The highest BCUT2D eigenvalue weighted by molar-refractivity contribution is 7.60. The SMILES string of the molecule is C=CCN(CC=C)P(=O)(CCl)N(CC=C)CC=C. The van der Waals surface area contributed by atoms with Crippen molar-refractivity contribution in [3.05, 3.63) is 50.6 Å². The molecule has 0 spiro atoms. The first-order chi connectivity index (χ1) is 8.60. The van der Waals surface area contributed by atoms with E-state index in [9.17, 15) is 4.57 Å². The molecule has 0 aromatic rings. The Labute approximate surface area is 116 Å². The lowest BCUT2D eigenvalue weighted by Crippen LogP contribution is -2.33. The minimum absolute atomic E-state index is 0.0519. The third-order valence-corrected chi connectivity index (χ3v) is 6.07. The van der Waals surface area contributed by atoms with E-state index >= 15 is 0 Å². The number of alkyl halides is 1. The highest BCUT2D eigenvalue weighted by atomic mass is 35.5. The molecular weight excluding hydrogens is 267 g/mol. The van der Waals surface area contributed by atoms with E-state index in [1.807, 2.05) is 0 Å². The van der Waals surface area contributed by atoms with E-state index in [1.54, 1.807) is 33.6 Å². The van der Waals surface area contributed by atoms with Crippen LogP contribution in [0.2, 0.25) is 0 Å². The Morgan fingerprint density at radius 3 is 1.28 bits per heavy atom. The van der Waals surface area contributed by atoms with Gasteiger partial charge in [0.15, 0.2) is 0 Å². The van der Waals surface area contributed by atoms with Gasteiger partial charge in [0.25, 0.3) is 0 Å². The van der Waals surface area contributed by atoms with Crippen LogP contribution in [-0.2, 0) is 4.57 Å². The molecule has 5 heteroatoms. The van der Waals surface area contributed by atoms with Gasteiger partial charge in [-0.25, -0.2) is 9.34 Å². The van der Waals surface area contributed by atoms with Gasteiger partial charge >= 0.3 is 0 Å². The van der Waals surface area contributed by atoms with Crippen LogP contribution in [0.25, 0.3) is 0 Å². The highest BCUT2D eigenvalue weighted by Gasteiger charge is 2.33. The molecule has 0 fully saturated rings. The van der Waals surface area contributed by atoms with Gasteiger partial charge in [-0.05, 0) is 0 Å². The first-order valence-corrected chi connectivity index (χ1v) is 8.03. The quantitative estimate of drug-likeness (QED) is 0.329. The van der Waals surface area contributed by atoms with Gasteiger partial charge in [0.05, 0.1) is 0 Å². The molecule has 0 heterocycles. The summed E-state index contributed by atoms with van der Waals surface area (Å²) in [6, 6.07) is 0. The summed E-state index contributed by atoms with van der Waals surface area (Å²) in [6.07, 6.45) is 6.84. The van der Waals surface area contributed by atoms with Gasteiger partial charge in [0, 0.05) is 26.2 Å². The molecule has 0 radical (unpaired) electrons. The van der Waals surface area contributed by atoms with Gasteiger partial charge in [0.1, 0.15) is 5.62 Å². The Kier molecular flexibility index (Phi) is 9.03. The number of hydrogen-bond donors (Lipinski definition) is 0. The Balaban J connectivity index is 5.27. The second-order valence-electron chi connectivity index (χ2n) is 3.68. The fourth-order valence-electron chi connectivity index (χ4n) is 1.59. The van der Waals surface area contributed by atoms with Crippen LogP contribution >= 0.6 is 19.0 Å². The molecule has 0 amide bonds. The molecule has 0 aromatic heterocycles. The van der Waals surface area contributed by atoms with E-state index in [0.717, 1.165) is 0 Å². The van der Waals surface area contributed by atoms with Crippen molar-refractivity contribution in [2.75, 3.05) is 31.8 Å². The molecule has 0 atom stereocenters. The van der Waals surface area contributed by atoms with Crippen molar-refractivity contribution in [3.63, 3.8) is 0 Å². The lowest BCUT2D eigenvalue weighted by molar-refractivity contribution is 0.394. The maximum atomic E-state index is 13.1. The Morgan fingerprint density at radius 1 is 0.833 bits per heavy atom. The predicted molar refractivity (Wildman–Crippen MR) is 82.3 cm³/mol. The zero-order valence-corrected chi connectivity index (χ0v) is 12.5. The fraction of sp³-hybridized carbons (Fsp3) is 0.385. The van der Waals surface area contributed by atoms with E-state index < -0.39 is 7.44 Å². The highest BCUT2D eigenvalue weighted by Crippen LogP contribution is 2.53. The lowest BCUT2D eigenvalue weighted by Gasteiger charge is -2.36. The van der Waals surface area contributed by atoms with Gasteiger partial charge in [-0.2, -0.15) is 0 Å². The number of rotatable bonds is 11. The molecular formula is C13H22ClN2OP. The third kappa shape index (κ3) is 4.58. The average Bonchev–Trinajstić information content (AvgIpc) is 2.37. The maximum Gasteiger partial charge on any atom is 0.232 e. The number of nitrogens with zero attached hydrogens (tertiary/aromatic N) is 2. The molecule has 102 valence electrons. The summed E-state index contributed by atoms with van der Waals surface area (Å²) >= 11 is 5.96. The summed E-state index contributed by atoms with van der Waals surface area (Å²) in [5.41, 5.74) is 0.0519.